The summed E-state index contributed by atoms with van der Waals surface area (Å²) in [4.78, 5) is 4.26. The van der Waals surface area contributed by atoms with Gasteiger partial charge in [-0.2, -0.15) is 13.2 Å². The lowest BCUT2D eigenvalue weighted by atomic mass is 9.77. The van der Waals surface area contributed by atoms with Crippen LogP contribution in [-0.4, -0.2) is 17.2 Å². The first-order valence-corrected chi connectivity index (χ1v) is 7.58. The molecule has 2 N–H and O–H groups in total. The van der Waals surface area contributed by atoms with Crippen molar-refractivity contribution in [2.45, 2.75) is 44.3 Å². The minimum Gasteiger partial charge on any atom is -0.327 e. The minimum atomic E-state index is -4.05. The predicted molar refractivity (Wildman–Crippen MR) is 75.1 cm³/mol. The highest BCUT2D eigenvalue weighted by molar-refractivity contribution is 9.10. The summed E-state index contributed by atoms with van der Waals surface area (Å²) in [5, 5.41) is 0. The van der Waals surface area contributed by atoms with Crippen LogP contribution in [0.25, 0.3) is 0 Å². The zero-order chi connectivity index (χ0) is 14.8. The van der Waals surface area contributed by atoms with Crippen LogP contribution in [0, 0.1) is 11.8 Å². The van der Waals surface area contributed by atoms with Crippen molar-refractivity contribution in [2.75, 3.05) is 0 Å². The van der Waals surface area contributed by atoms with Gasteiger partial charge in [0.05, 0.1) is 5.92 Å². The summed E-state index contributed by atoms with van der Waals surface area (Å²) < 4.78 is 38.7. The number of alkyl halides is 3. The van der Waals surface area contributed by atoms with Crippen molar-refractivity contribution in [1.82, 2.24) is 4.98 Å². The van der Waals surface area contributed by atoms with E-state index in [1.165, 1.54) is 0 Å². The Bertz CT molecular complexity index is 425. The average molecular weight is 351 g/mol. The minimum absolute atomic E-state index is 0.113. The van der Waals surface area contributed by atoms with Crippen LogP contribution in [0.15, 0.2) is 22.8 Å². The molecule has 0 amide bonds. The van der Waals surface area contributed by atoms with E-state index in [1.54, 1.807) is 6.20 Å². The fourth-order valence-electron chi connectivity index (χ4n) is 2.81. The number of pyridine rings is 1. The van der Waals surface area contributed by atoms with Crippen LogP contribution in [0.3, 0.4) is 0 Å². The van der Waals surface area contributed by atoms with Crippen molar-refractivity contribution < 1.29 is 13.2 Å². The molecule has 1 aliphatic rings. The van der Waals surface area contributed by atoms with E-state index in [1.807, 2.05) is 12.1 Å². The summed E-state index contributed by atoms with van der Waals surface area (Å²) in [5.41, 5.74) is 7.03. The van der Waals surface area contributed by atoms with Crippen molar-refractivity contribution in [1.29, 1.82) is 0 Å². The third-order valence-corrected chi connectivity index (χ3v) is 4.54. The Labute approximate surface area is 125 Å². The molecule has 0 saturated heterocycles. The van der Waals surface area contributed by atoms with E-state index in [2.05, 4.69) is 20.9 Å². The predicted octanol–water partition coefficient (Wildman–Crippen LogP) is 4.08. The van der Waals surface area contributed by atoms with Crippen molar-refractivity contribution in [3.05, 3.63) is 28.5 Å². The first-order valence-electron chi connectivity index (χ1n) is 6.79. The molecular formula is C14H18BrF3N2. The van der Waals surface area contributed by atoms with E-state index in [0.717, 1.165) is 10.2 Å². The standard InChI is InChI=1S/C14H18BrF3N2/c15-11-5-6-12(20-8-11)7-13(19)9-1-3-10(4-2-9)14(16,17)18/h5-6,8-10,13H,1-4,7,19H2. The van der Waals surface area contributed by atoms with E-state index in [4.69, 9.17) is 5.73 Å². The maximum Gasteiger partial charge on any atom is 0.391 e. The highest BCUT2D eigenvalue weighted by Crippen LogP contribution is 2.40. The number of nitrogens with zero attached hydrogens (tertiary/aromatic N) is 1. The van der Waals surface area contributed by atoms with Gasteiger partial charge in [-0.15, -0.1) is 0 Å². The SMILES string of the molecule is NC(Cc1ccc(Br)cn1)C1CCC(C(F)(F)F)CC1. The summed E-state index contributed by atoms with van der Waals surface area (Å²) in [6, 6.07) is 3.68. The summed E-state index contributed by atoms with van der Waals surface area (Å²) in [6.07, 6.45) is -0.200. The van der Waals surface area contributed by atoms with E-state index in [-0.39, 0.29) is 24.8 Å². The van der Waals surface area contributed by atoms with Crippen molar-refractivity contribution in [2.24, 2.45) is 17.6 Å². The Kier molecular flexibility index (Phi) is 5.07. The molecule has 1 heterocycles. The van der Waals surface area contributed by atoms with Crippen LogP contribution in [0.2, 0.25) is 0 Å². The highest BCUT2D eigenvalue weighted by atomic mass is 79.9. The molecule has 1 aromatic heterocycles. The van der Waals surface area contributed by atoms with Gasteiger partial charge in [0.25, 0.3) is 0 Å². The van der Waals surface area contributed by atoms with Gasteiger partial charge in [-0.05, 0) is 59.7 Å². The Balaban J connectivity index is 1.85. The Morgan fingerprint density at radius 2 is 1.90 bits per heavy atom. The summed E-state index contributed by atoms with van der Waals surface area (Å²) in [5.74, 6) is -0.976. The average Bonchev–Trinajstić information content (AvgIpc) is 2.40. The molecule has 2 nitrogen and oxygen atoms in total. The fourth-order valence-corrected chi connectivity index (χ4v) is 3.04. The third kappa shape index (κ3) is 4.19. The van der Waals surface area contributed by atoms with Crippen LogP contribution >= 0.6 is 15.9 Å². The van der Waals surface area contributed by atoms with Crippen molar-refractivity contribution in [3.63, 3.8) is 0 Å². The number of hydrogen-bond donors (Lipinski definition) is 1. The summed E-state index contributed by atoms with van der Waals surface area (Å²) >= 11 is 3.31. The first kappa shape index (κ1) is 15.8. The lowest BCUT2D eigenvalue weighted by Crippen LogP contribution is -2.37. The quantitative estimate of drug-likeness (QED) is 0.891. The molecule has 1 aromatic rings. The van der Waals surface area contributed by atoms with Gasteiger partial charge in [-0.25, -0.2) is 0 Å². The maximum atomic E-state index is 12.6. The second-order valence-electron chi connectivity index (χ2n) is 5.49. The zero-order valence-electron chi connectivity index (χ0n) is 11.0. The fraction of sp³-hybridized carbons (Fsp3) is 0.643. The molecule has 1 unspecified atom stereocenters. The number of aromatic nitrogens is 1. The van der Waals surface area contributed by atoms with Crippen LogP contribution in [0.4, 0.5) is 13.2 Å². The van der Waals surface area contributed by atoms with E-state index < -0.39 is 12.1 Å². The van der Waals surface area contributed by atoms with Gasteiger partial charge in [-0.1, -0.05) is 0 Å². The van der Waals surface area contributed by atoms with Crippen LogP contribution in [-0.2, 0) is 6.42 Å². The highest BCUT2D eigenvalue weighted by Gasteiger charge is 2.42. The zero-order valence-corrected chi connectivity index (χ0v) is 12.6. The molecule has 0 aromatic carbocycles. The molecule has 1 aliphatic carbocycles. The number of halogens is 4. The maximum absolute atomic E-state index is 12.6. The van der Waals surface area contributed by atoms with E-state index in [0.29, 0.717) is 19.3 Å². The van der Waals surface area contributed by atoms with E-state index in [9.17, 15) is 13.2 Å². The second-order valence-corrected chi connectivity index (χ2v) is 6.40. The van der Waals surface area contributed by atoms with Crippen LogP contribution in [0.1, 0.15) is 31.4 Å². The Morgan fingerprint density at radius 3 is 2.40 bits per heavy atom. The van der Waals surface area contributed by atoms with Gasteiger partial charge in [0.2, 0.25) is 0 Å². The topological polar surface area (TPSA) is 38.9 Å². The molecule has 1 fully saturated rings. The van der Waals surface area contributed by atoms with Gasteiger partial charge in [0.15, 0.2) is 0 Å². The van der Waals surface area contributed by atoms with Crippen molar-refractivity contribution >= 4 is 15.9 Å². The van der Waals surface area contributed by atoms with Gasteiger partial charge in [0, 0.05) is 28.8 Å². The second kappa shape index (κ2) is 6.43. The molecule has 112 valence electrons. The molecule has 1 atom stereocenters. The van der Waals surface area contributed by atoms with Gasteiger partial charge in [-0.3, -0.25) is 4.98 Å². The molecule has 2 rings (SSSR count). The number of nitrogens with two attached hydrogens (primary N) is 1. The molecule has 0 aliphatic heterocycles. The van der Waals surface area contributed by atoms with Gasteiger partial charge >= 0.3 is 6.18 Å². The normalized spacial score (nSPS) is 25.4. The monoisotopic (exact) mass is 350 g/mol. The number of hydrogen-bond acceptors (Lipinski definition) is 2. The molecule has 1 saturated carbocycles. The third-order valence-electron chi connectivity index (χ3n) is 4.07. The first-order chi connectivity index (χ1) is 9.36. The molecular weight excluding hydrogens is 333 g/mol. The molecule has 0 bridgehead atoms. The summed E-state index contributed by atoms with van der Waals surface area (Å²) in [7, 11) is 0. The Morgan fingerprint density at radius 1 is 1.25 bits per heavy atom. The largest absolute Gasteiger partial charge is 0.391 e. The smallest absolute Gasteiger partial charge is 0.327 e. The lowest BCUT2D eigenvalue weighted by molar-refractivity contribution is -0.184. The molecule has 0 spiro atoms. The van der Waals surface area contributed by atoms with Crippen LogP contribution in [0.5, 0.6) is 0 Å². The molecule has 6 heteroatoms. The Hall–Kier alpha value is -0.620. The molecule has 0 radical (unpaired) electrons. The van der Waals surface area contributed by atoms with Crippen molar-refractivity contribution in [3.8, 4) is 0 Å². The summed E-state index contributed by atoms with van der Waals surface area (Å²) in [6.45, 7) is 0. The van der Waals surface area contributed by atoms with Crippen LogP contribution < -0.4 is 5.73 Å². The number of rotatable bonds is 3. The van der Waals surface area contributed by atoms with Gasteiger partial charge < -0.3 is 5.73 Å². The van der Waals surface area contributed by atoms with Gasteiger partial charge in [0.1, 0.15) is 0 Å². The molecule has 20 heavy (non-hydrogen) atoms. The van der Waals surface area contributed by atoms with E-state index >= 15 is 0 Å². The lowest BCUT2D eigenvalue weighted by Gasteiger charge is -2.32.